The third kappa shape index (κ3) is 3.74. The van der Waals surface area contributed by atoms with Gasteiger partial charge in [-0.1, -0.05) is 32.1 Å². The van der Waals surface area contributed by atoms with E-state index in [0.29, 0.717) is 6.67 Å². The largest absolute Gasteiger partial charge is 0.284 e. The highest BCUT2D eigenvalue weighted by atomic mass is 16.1. The highest BCUT2D eigenvalue weighted by Gasteiger charge is 2.24. The molecule has 2 fully saturated rings. The van der Waals surface area contributed by atoms with Gasteiger partial charge in [-0.3, -0.25) is 9.69 Å². The van der Waals surface area contributed by atoms with Gasteiger partial charge in [0.05, 0.1) is 12.4 Å². The van der Waals surface area contributed by atoms with Gasteiger partial charge in [0, 0.05) is 19.2 Å². The first kappa shape index (κ1) is 16.3. The number of piperidine rings is 1. The molecule has 0 aromatic carbocycles. The third-order valence-electron chi connectivity index (χ3n) is 6.46. The predicted molar refractivity (Wildman–Crippen MR) is 96.0 cm³/mol. The van der Waals surface area contributed by atoms with E-state index in [1.165, 1.54) is 56.9 Å². The number of aryl methyl sites for hydroxylation is 2. The summed E-state index contributed by atoms with van der Waals surface area (Å²) in [6.45, 7) is 2.94. The molecule has 1 saturated heterocycles. The van der Waals surface area contributed by atoms with Crippen LogP contribution in [0.4, 0.5) is 0 Å². The first-order valence-corrected chi connectivity index (χ1v) is 10.1. The van der Waals surface area contributed by atoms with Crippen molar-refractivity contribution in [3.8, 4) is 0 Å². The van der Waals surface area contributed by atoms with Gasteiger partial charge < -0.3 is 0 Å². The normalized spacial score (nSPS) is 23.5. The molecule has 4 nitrogen and oxygen atoms in total. The molecule has 1 aliphatic heterocycles. The first-order chi connectivity index (χ1) is 11.8. The van der Waals surface area contributed by atoms with Crippen LogP contribution in [0.5, 0.6) is 0 Å². The molecule has 24 heavy (non-hydrogen) atoms. The van der Waals surface area contributed by atoms with Crippen LogP contribution >= 0.6 is 0 Å². The number of aromatic nitrogens is 2. The van der Waals surface area contributed by atoms with Gasteiger partial charge in [0.15, 0.2) is 0 Å². The van der Waals surface area contributed by atoms with Crippen LogP contribution in [-0.4, -0.2) is 27.8 Å². The Kier molecular flexibility index (Phi) is 5.02. The first-order valence-electron chi connectivity index (χ1n) is 10.1. The van der Waals surface area contributed by atoms with Gasteiger partial charge in [0.1, 0.15) is 0 Å². The molecule has 0 spiro atoms. The van der Waals surface area contributed by atoms with Crippen molar-refractivity contribution in [1.82, 2.24) is 14.7 Å². The van der Waals surface area contributed by atoms with E-state index in [2.05, 4.69) is 10.00 Å². The fourth-order valence-corrected chi connectivity index (χ4v) is 4.99. The van der Waals surface area contributed by atoms with Crippen LogP contribution in [0.2, 0.25) is 0 Å². The molecule has 0 N–H and O–H groups in total. The van der Waals surface area contributed by atoms with Crippen molar-refractivity contribution in [3.63, 3.8) is 0 Å². The molecule has 1 aromatic rings. The summed E-state index contributed by atoms with van der Waals surface area (Å²) >= 11 is 0. The Labute approximate surface area is 145 Å². The summed E-state index contributed by atoms with van der Waals surface area (Å²) in [7, 11) is 0. The summed E-state index contributed by atoms with van der Waals surface area (Å²) in [5.41, 5.74) is 2.42. The SMILES string of the molecule is O=c1cc2c(nn1CN1CCC(CC3CCCCC3)CC1)CCC2. The lowest BCUT2D eigenvalue weighted by Gasteiger charge is -2.34. The fraction of sp³-hybridized carbons (Fsp3) is 0.800. The molecule has 1 aromatic heterocycles. The molecule has 3 aliphatic rings. The van der Waals surface area contributed by atoms with Gasteiger partial charge in [0.2, 0.25) is 0 Å². The van der Waals surface area contributed by atoms with E-state index in [0.717, 1.165) is 49.9 Å². The standard InChI is InChI=1S/C20H31N3O/c24-20-14-18-7-4-8-19(18)21-23(20)15-22-11-9-17(10-12-22)13-16-5-2-1-3-6-16/h14,16-17H,1-13,15H2. The highest BCUT2D eigenvalue weighted by molar-refractivity contribution is 5.22. The summed E-state index contributed by atoms with van der Waals surface area (Å²) in [4.78, 5) is 14.7. The molecule has 0 bridgehead atoms. The fourth-order valence-electron chi connectivity index (χ4n) is 4.99. The van der Waals surface area contributed by atoms with E-state index in [4.69, 9.17) is 0 Å². The average molecular weight is 329 g/mol. The number of hydrogen-bond donors (Lipinski definition) is 0. The Morgan fingerprint density at radius 2 is 1.71 bits per heavy atom. The molecule has 4 rings (SSSR count). The van der Waals surface area contributed by atoms with Crippen LogP contribution in [0, 0.1) is 11.8 Å². The van der Waals surface area contributed by atoms with Crippen molar-refractivity contribution in [2.24, 2.45) is 11.8 Å². The van der Waals surface area contributed by atoms with E-state index in [1.54, 1.807) is 4.68 Å². The number of rotatable bonds is 4. The predicted octanol–water partition coefficient (Wildman–Crippen LogP) is 3.37. The minimum Gasteiger partial charge on any atom is -0.284 e. The zero-order valence-electron chi connectivity index (χ0n) is 14.9. The van der Waals surface area contributed by atoms with Gasteiger partial charge in [-0.05, 0) is 55.9 Å². The van der Waals surface area contributed by atoms with E-state index in [-0.39, 0.29) is 5.56 Å². The molecular weight excluding hydrogens is 298 g/mol. The molecule has 0 amide bonds. The van der Waals surface area contributed by atoms with Crippen molar-refractivity contribution in [3.05, 3.63) is 27.7 Å². The second kappa shape index (κ2) is 7.38. The van der Waals surface area contributed by atoms with Crippen LogP contribution in [0.25, 0.3) is 0 Å². The van der Waals surface area contributed by atoms with Gasteiger partial charge in [-0.25, -0.2) is 4.68 Å². The van der Waals surface area contributed by atoms with E-state index in [9.17, 15) is 4.79 Å². The van der Waals surface area contributed by atoms with Crippen LogP contribution in [0.1, 0.15) is 69.0 Å². The van der Waals surface area contributed by atoms with Gasteiger partial charge in [0.25, 0.3) is 5.56 Å². The van der Waals surface area contributed by atoms with Crippen molar-refractivity contribution in [1.29, 1.82) is 0 Å². The monoisotopic (exact) mass is 329 g/mol. The Bertz CT molecular complexity index is 610. The topological polar surface area (TPSA) is 38.1 Å². The number of hydrogen-bond acceptors (Lipinski definition) is 3. The number of likely N-dealkylation sites (tertiary alicyclic amines) is 1. The zero-order valence-corrected chi connectivity index (χ0v) is 14.9. The van der Waals surface area contributed by atoms with Crippen LogP contribution in [0.3, 0.4) is 0 Å². The summed E-state index contributed by atoms with van der Waals surface area (Å²) in [6.07, 6.45) is 14.6. The smallest absolute Gasteiger partial charge is 0.268 e. The number of nitrogens with zero attached hydrogens (tertiary/aromatic N) is 3. The molecule has 2 aliphatic carbocycles. The molecule has 0 unspecified atom stereocenters. The molecule has 4 heteroatoms. The number of fused-ring (bicyclic) bond motifs is 1. The molecule has 2 heterocycles. The zero-order chi connectivity index (χ0) is 16.4. The lowest BCUT2D eigenvalue weighted by atomic mass is 9.80. The average Bonchev–Trinajstić information content (AvgIpc) is 3.05. The molecule has 132 valence electrons. The summed E-state index contributed by atoms with van der Waals surface area (Å²) in [5, 5.41) is 4.62. The van der Waals surface area contributed by atoms with Crippen molar-refractivity contribution < 1.29 is 0 Å². The Morgan fingerprint density at radius 1 is 0.958 bits per heavy atom. The minimum atomic E-state index is 0.0833. The van der Waals surface area contributed by atoms with Gasteiger partial charge in [-0.2, -0.15) is 5.10 Å². The Balaban J connectivity index is 1.29. The Hall–Kier alpha value is -1.16. The third-order valence-corrected chi connectivity index (χ3v) is 6.46. The quantitative estimate of drug-likeness (QED) is 0.850. The van der Waals surface area contributed by atoms with Crippen molar-refractivity contribution in [2.75, 3.05) is 13.1 Å². The maximum absolute atomic E-state index is 12.3. The summed E-state index contributed by atoms with van der Waals surface area (Å²) in [5.74, 6) is 1.91. The van der Waals surface area contributed by atoms with Crippen LogP contribution < -0.4 is 5.56 Å². The Morgan fingerprint density at radius 3 is 2.50 bits per heavy atom. The van der Waals surface area contributed by atoms with E-state index in [1.807, 2.05) is 6.07 Å². The van der Waals surface area contributed by atoms with Crippen LogP contribution in [-0.2, 0) is 19.5 Å². The minimum absolute atomic E-state index is 0.0833. The summed E-state index contributed by atoms with van der Waals surface area (Å²) in [6, 6.07) is 1.82. The summed E-state index contributed by atoms with van der Waals surface area (Å²) < 4.78 is 1.70. The van der Waals surface area contributed by atoms with Crippen LogP contribution in [0.15, 0.2) is 10.9 Å². The van der Waals surface area contributed by atoms with E-state index >= 15 is 0 Å². The van der Waals surface area contributed by atoms with E-state index < -0.39 is 0 Å². The second-order valence-corrected chi connectivity index (χ2v) is 8.25. The maximum atomic E-state index is 12.3. The molecule has 1 saturated carbocycles. The van der Waals surface area contributed by atoms with Crippen molar-refractivity contribution >= 4 is 0 Å². The molecule has 0 atom stereocenters. The lowest BCUT2D eigenvalue weighted by Crippen LogP contribution is -2.39. The lowest BCUT2D eigenvalue weighted by molar-refractivity contribution is 0.122. The highest BCUT2D eigenvalue weighted by Crippen LogP contribution is 2.32. The molecular formula is C20H31N3O. The van der Waals surface area contributed by atoms with Gasteiger partial charge >= 0.3 is 0 Å². The van der Waals surface area contributed by atoms with Crippen molar-refractivity contribution in [2.45, 2.75) is 77.3 Å². The molecule has 0 radical (unpaired) electrons. The maximum Gasteiger partial charge on any atom is 0.268 e. The second-order valence-electron chi connectivity index (χ2n) is 8.25. The van der Waals surface area contributed by atoms with Gasteiger partial charge in [-0.15, -0.1) is 0 Å².